The van der Waals surface area contributed by atoms with Gasteiger partial charge in [-0.05, 0) is 50.6 Å². The molecule has 4 heteroatoms. The lowest BCUT2D eigenvalue weighted by atomic mass is 10.2. The van der Waals surface area contributed by atoms with Crippen LogP contribution in [0.25, 0.3) is 0 Å². The van der Waals surface area contributed by atoms with E-state index in [4.69, 9.17) is 5.73 Å². The molecule has 1 fully saturated rings. The molecule has 104 valence electrons. The Morgan fingerprint density at radius 2 is 2.37 bits per heavy atom. The topological polar surface area (TPSA) is 53.6 Å². The van der Waals surface area contributed by atoms with E-state index in [1.807, 2.05) is 12.1 Å². The molecule has 0 radical (unpaired) electrons. The third kappa shape index (κ3) is 3.96. The molecule has 1 heterocycles. The lowest BCUT2D eigenvalue weighted by Crippen LogP contribution is -2.33. The molecule has 1 aliphatic heterocycles. The van der Waals surface area contributed by atoms with Gasteiger partial charge in [-0.25, -0.2) is 0 Å². The maximum Gasteiger partial charge on any atom is 0.193 e. The van der Waals surface area contributed by atoms with Gasteiger partial charge in [0.2, 0.25) is 0 Å². The number of benzene rings is 1. The van der Waals surface area contributed by atoms with E-state index in [0.29, 0.717) is 12.0 Å². The number of guanidine groups is 1. The van der Waals surface area contributed by atoms with Crippen LogP contribution in [0.3, 0.4) is 0 Å². The molecule has 1 aromatic carbocycles. The Morgan fingerprint density at radius 3 is 3.11 bits per heavy atom. The Kier molecular flexibility index (Phi) is 4.80. The molecular weight excluding hydrogens is 236 g/mol. The molecule has 2 rings (SSSR count). The quantitative estimate of drug-likeness (QED) is 0.644. The average molecular weight is 260 g/mol. The number of nitrogens with zero attached hydrogens (tertiary/aromatic N) is 2. The lowest BCUT2D eigenvalue weighted by Gasteiger charge is -2.21. The van der Waals surface area contributed by atoms with Crippen LogP contribution in [0.15, 0.2) is 29.3 Å². The molecule has 1 aromatic rings. The first-order chi connectivity index (χ1) is 9.19. The lowest BCUT2D eigenvalue weighted by molar-refractivity contribution is 0.273. The predicted octanol–water partition coefficient (Wildman–Crippen LogP) is 2.21. The number of nitrogens with two attached hydrogens (primary N) is 1. The molecule has 1 saturated heterocycles. The number of rotatable bonds is 4. The number of aliphatic imine (C=N–C) groups is 1. The molecule has 3 N–H and O–H groups in total. The van der Waals surface area contributed by atoms with E-state index in [0.717, 1.165) is 18.8 Å². The number of hydrogen-bond acceptors (Lipinski definition) is 2. The Labute approximate surface area is 115 Å². The highest BCUT2D eigenvalue weighted by Gasteiger charge is 2.22. The van der Waals surface area contributed by atoms with Gasteiger partial charge in [-0.15, -0.1) is 0 Å². The van der Waals surface area contributed by atoms with Gasteiger partial charge >= 0.3 is 0 Å². The number of aryl methyl sites for hydroxylation is 1. The summed E-state index contributed by atoms with van der Waals surface area (Å²) in [7, 11) is 0. The molecule has 0 aromatic heterocycles. The minimum Gasteiger partial charge on any atom is -0.370 e. The fourth-order valence-electron chi connectivity index (χ4n) is 2.63. The van der Waals surface area contributed by atoms with Gasteiger partial charge in [0.1, 0.15) is 0 Å². The van der Waals surface area contributed by atoms with Crippen molar-refractivity contribution >= 4 is 11.6 Å². The van der Waals surface area contributed by atoms with E-state index < -0.39 is 0 Å². The zero-order chi connectivity index (χ0) is 13.7. The predicted molar refractivity (Wildman–Crippen MR) is 81.6 cm³/mol. The number of likely N-dealkylation sites (tertiary alicyclic amines) is 1. The largest absolute Gasteiger partial charge is 0.370 e. The van der Waals surface area contributed by atoms with Gasteiger partial charge < -0.3 is 11.1 Å². The summed E-state index contributed by atoms with van der Waals surface area (Å²) < 4.78 is 0. The van der Waals surface area contributed by atoms with E-state index in [2.05, 4.69) is 41.2 Å². The van der Waals surface area contributed by atoms with Crippen molar-refractivity contribution < 1.29 is 0 Å². The molecule has 0 spiro atoms. The van der Waals surface area contributed by atoms with E-state index in [1.54, 1.807) is 0 Å². The van der Waals surface area contributed by atoms with Gasteiger partial charge in [0.05, 0.1) is 6.54 Å². The van der Waals surface area contributed by atoms with Crippen LogP contribution in [0.2, 0.25) is 0 Å². The summed E-state index contributed by atoms with van der Waals surface area (Å²) in [6.45, 7) is 7.36. The van der Waals surface area contributed by atoms with Crippen molar-refractivity contribution in [1.82, 2.24) is 4.90 Å². The number of likely N-dealkylation sites (N-methyl/N-ethyl adjacent to an activating group) is 1. The van der Waals surface area contributed by atoms with Crippen LogP contribution >= 0.6 is 0 Å². The average Bonchev–Trinajstić information content (AvgIpc) is 2.83. The fourth-order valence-corrected chi connectivity index (χ4v) is 2.63. The van der Waals surface area contributed by atoms with Crippen molar-refractivity contribution in [2.45, 2.75) is 32.7 Å². The zero-order valence-electron chi connectivity index (χ0n) is 11.9. The summed E-state index contributed by atoms with van der Waals surface area (Å²) in [6, 6.07) is 8.71. The fraction of sp³-hybridized carbons (Fsp3) is 0.533. The molecule has 4 nitrogen and oxygen atoms in total. The third-order valence-corrected chi connectivity index (χ3v) is 3.67. The third-order valence-electron chi connectivity index (χ3n) is 3.67. The molecule has 0 amide bonds. The van der Waals surface area contributed by atoms with Gasteiger partial charge in [-0.2, -0.15) is 0 Å². The van der Waals surface area contributed by atoms with E-state index >= 15 is 0 Å². The van der Waals surface area contributed by atoms with E-state index in [-0.39, 0.29) is 0 Å². The van der Waals surface area contributed by atoms with Crippen molar-refractivity contribution in [1.29, 1.82) is 0 Å². The Morgan fingerprint density at radius 1 is 1.53 bits per heavy atom. The molecule has 19 heavy (non-hydrogen) atoms. The van der Waals surface area contributed by atoms with Crippen LogP contribution in [0.1, 0.15) is 25.3 Å². The highest BCUT2D eigenvalue weighted by molar-refractivity contribution is 5.92. The standard InChI is InChI=1S/C15H24N4/c1-3-19-9-5-8-14(19)11-17-15(16)18-13-7-4-6-12(2)10-13/h4,6-7,10,14H,3,5,8-9,11H2,1-2H3,(H3,16,17,18). The summed E-state index contributed by atoms with van der Waals surface area (Å²) >= 11 is 0. The maximum absolute atomic E-state index is 5.94. The summed E-state index contributed by atoms with van der Waals surface area (Å²) in [4.78, 5) is 6.95. The van der Waals surface area contributed by atoms with E-state index in [1.165, 1.54) is 24.9 Å². The number of nitrogens with one attached hydrogen (secondary N) is 1. The normalized spacial score (nSPS) is 20.7. The van der Waals surface area contributed by atoms with Crippen molar-refractivity contribution in [2.75, 3.05) is 25.0 Å². The monoisotopic (exact) mass is 260 g/mol. The van der Waals surface area contributed by atoms with Gasteiger partial charge in [0.15, 0.2) is 5.96 Å². The Hall–Kier alpha value is -1.55. The zero-order valence-corrected chi connectivity index (χ0v) is 11.9. The van der Waals surface area contributed by atoms with Crippen LogP contribution in [0, 0.1) is 6.92 Å². The van der Waals surface area contributed by atoms with Crippen molar-refractivity contribution in [3.63, 3.8) is 0 Å². The van der Waals surface area contributed by atoms with Crippen LogP contribution in [0.5, 0.6) is 0 Å². The van der Waals surface area contributed by atoms with E-state index in [9.17, 15) is 0 Å². The van der Waals surface area contributed by atoms with Crippen molar-refractivity contribution in [2.24, 2.45) is 10.7 Å². The van der Waals surface area contributed by atoms with Crippen molar-refractivity contribution in [3.8, 4) is 0 Å². The molecular formula is C15H24N4. The molecule has 1 atom stereocenters. The van der Waals surface area contributed by atoms with Crippen LogP contribution in [-0.4, -0.2) is 36.5 Å². The molecule has 0 saturated carbocycles. The first-order valence-electron chi connectivity index (χ1n) is 7.06. The molecule has 1 unspecified atom stereocenters. The SMILES string of the molecule is CCN1CCCC1CN=C(N)Nc1cccc(C)c1. The summed E-state index contributed by atoms with van der Waals surface area (Å²) in [5.74, 6) is 0.508. The number of hydrogen-bond donors (Lipinski definition) is 2. The van der Waals surface area contributed by atoms with Gasteiger partial charge in [-0.1, -0.05) is 19.1 Å². The second kappa shape index (κ2) is 6.57. The van der Waals surface area contributed by atoms with Crippen molar-refractivity contribution in [3.05, 3.63) is 29.8 Å². The summed E-state index contributed by atoms with van der Waals surface area (Å²) in [6.07, 6.45) is 2.51. The van der Waals surface area contributed by atoms with Crippen LogP contribution in [0.4, 0.5) is 5.69 Å². The summed E-state index contributed by atoms with van der Waals surface area (Å²) in [5.41, 5.74) is 8.15. The Balaban J connectivity index is 1.89. The minimum absolute atomic E-state index is 0.508. The molecule has 1 aliphatic rings. The number of anilines is 1. The first-order valence-corrected chi connectivity index (χ1v) is 7.06. The molecule has 0 bridgehead atoms. The second-order valence-electron chi connectivity index (χ2n) is 5.15. The highest BCUT2D eigenvalue weighted by atomic mass is 15.2. The van der Waals surface area contributed by atoms with Crippen LogP contribution < -0.4 is 11.1 Å². The first kappa shape index (κ1) is 13.9. The Bertz CT molecular complexity index is 442. The van der Waals surface area contributed by atoms with Gasteiger partial charge in [-0.3, -0.25) is 9.89 Å². The summed E-state index contributed by atoms with van der Waals surface area (Å²) in [5, 5.41) is 3.15. The molecule has 0 aliphatic carbocycles. The second-order valence-corrected chi connectivity index (χ2v) is 5.15. The van der Waals surface area contributed by atoms with Crippen LogP contribution in [-0.2, 0) is 0 Å². The maximum atomic E-state index is 5.94. The van der Waals surface area contributed by atoms with Gasteiger partial charge in [0.25, 0.3) is 0 Å². The smallest absolute Gasteiger partial charge is 0.193 e. The minimum atomic E-state index is 0.508. The van der Waals surface area contributed by atoms with Gasteiger partial charge in [0, 0.05) is 11.7 Å². The highest BCUT2D eigenvalue weighted by Crippen LogP contribution is 2.16.